The van der Waals surface area contributed by atoms with Gasteiger partial charge in [-0.05, 0) is 24.1 Å². The van der Waals surface area contributed by atoms with Crippen LogP contribution in [0.2, 0.25) is 0 Å². The standard InChI is InChI=1S/C12H15FN2O.ClH/c1-8(16)15-7-6-11(14)12(15)9-2-4-10(13)5-3-9;/h2-5,11-12H,6-7,14H2,1H3;1H/t11-,12-;/m1./s1. The Morgan fingerprint density at radius 3 is 2.53 bits per heavy atom. The first kappa shape index (κ1) is 13.9. The Balaban J connectivity index is 0.00000144. The zero-order chi connectivity index (χ0) is 11.7. The fourth-order valence-corrected chi connectivity index (χ4v) is 2.26. The van der Waals surface area contributed by atoms with E-state index in [9.17, 15) is 9.18 Å². The number of nitrogens with two attached hydrogens (primary N) is 1. The van der Waals surface area contributed by atoms with Crippen molar-refractivity contribution in [3.05, 3.63) is 35.6 Å². The van der Waals surface area contributed by atoms with Crippen LogP contribution in [-0.4, -0.2) is 23.4 Å². The van der Waals surface area contributed by atoms with Gasteiger partial charge in [-0.25, -0.2) is 4.39 Å². The lowest BCUT2D eigenvalue weighted by atomic mass is 10.0. The van der Waals surface area contributed by atoms with Gasteiger partial charge in [0.25, 0.3) is 0 Å². The van der Waals surface area contributed by atoms with Gasteiger partial charge in [0.05, 0.1) is 6.04 Å². The van der Waals surface area contributed by atoms with Gasteiger partial charge in [-0.1, -0.05) is 12.1 Å². The molecule has 1 fully saturated rings. The van der Waals surface area contributed by atoms with E-state index in [0.29, 0.717) is 6.54 Å². The fraction of sp³-hybridized carbons (Fsp3) is 0.417. The topological polar surface area (TPSA) is 46.3 Å². The molecule has 0 bridgehead atoms. The van der Waals surface area contributed by atoms with E-state index < -0.39 is 0 Å². The molecule has 1 heterocycles. The molecule has 3 nitrogen and oxygen atoms in total. The highest BCUT2D eigenvalue weighted by molar-refractivity contribution is 5.85. The molecule has 5 heteroatoms. The summed E-state index contributed by atoms with van der Waals surface area (Å²) in [7, 11) is 0. The molecule has 94 valence electrons. The second-order valence-corrected chi connectivity index (χ2v) is 4.16. The summed E-state index contributed by atoms with van der Waals surface area (Å²) < 4.78 is 12.8. The third-order valence-corrected chi connectivity index (χ3v) is 3.06. The predicted octanol–water partition coefficient (Wildman–Crippen LogP) is 1.87. The number of rotatable bonds is 1. The van der Waals surface area contributed by atoms with Gasteiger partial charge >= 0.3 is 0 Å². The van der Waals surface area contributed by atoms with Crippen molar-refractivity contribution in [3.63, 3.8) is 0 Å². The minimum absolute atomic E-state index is 0. The maximum atomic E-state index is 12.8. The van der Waals surface area contributed by atoms with Crippen molar-refractivity contribution in [3.8, 4) is 0 Å². The normalized spacial score (nSPS) is 23.4. The molecule has 17 heavy (non-hydrogen) atoms. The van der Waals surface area contributed by atoms with E-state index in [2.05, 4.69) is 0 Å². The Morgan fingerprint density at radius 2 is 2.00 bits per heavy atom. The molecule has 1 aromatic rings. The number of carbonyl (C=O) groups excluding carboxylic acids is 1. The van der Waals surface area contributed by atoms with Crippen LogP contribution in [0, 0.1) is 5.82 Å². The number of halogens is 2. The first-order chi connectivity index (χ1) is 7.59. The van der Waals surface area contributed by atoms with Crippen LogP contribution in [0.4, 0.5) is 4.39 Å². The van der Waals surface area contributed by atoms with Gasteiger partial charge < -0.3 is 10.6 Å². The van der Waals surface area contributed by atoms with Crippen LogP contribution in [0.15, 0.2) is 24.3 Å². The summed E-state index contributed by atoms with van der Waals surface area (Å²) in [5.41, 5.74) is 6.89. The molecule has 0 aliphatic carbocycles. The summed E-state index contributed by atoms with van der Waals surface area (Å²) in [6, 6.07) is 6.02. The van der Waals surface area contributed by atoms with Gasteiger partial charge in [0.2, 0.25) is 5.91 Å². The first-order valence-electron chi connectivity index (χ1n) is 5.38. The number of likely N-dealkylation sites (tertiary alicyclic amines) is 1. The lowest BCUT2D eigenvalue weighted by Gasteiger charge is -2.26. The zero-order valence-corrected chi connectivity index (χ0v) is 10.4. The molecule has 1 aliphatic heterocycles. The predicted molar refractivity (Wildman–Crippen MR) is 66.4 cm³/mol. The molecule has 1 amide bonds. The molecule has 1 saturated heterocycles. The molecule has 0 unspecified atom stereocenters. The highest BCUT2D eigenvalue weighted by Gasteiger charge is 2.34. The Bertz CT molecular complexity index is 396. The Kier molecular flexibility index (Phi) is 4.48. The van der Waals surface area contributed by atoms with Gasteiger partial charge in [0.15, 0.2) is 0 Å². The van der Waals surface area contributed by atoms with E-state index in [1.54, 1.807) is 17.0 Å². The van der Waals surface area contributed by atoms with Crippen molar-refractivity contribution in [2.24, 2.45) is 5.73 Å². The van der Waals surface area contributed by atoms with Gasteiger partial charge in [-0.2, -0.15) is 0 Å². The minimum atomic E-state index is -0.273. The second-order valence-electron chi connectivity index (χ2n) is 4.16. The van der Waals surface area contributed by atoms with Crippen LogP contribution in [0.25, 0.3) is 0 Å². The highest BCUT2D eigenvalue weighted by atomic mass is 35.5. The molecule has 2 atom stereocenters. The van der Waals surface area contributed by atoms with Crippen LogP contribution in [-0.2, 0) is 4.79 Å². The fourth-order valence-electron chi connectivity index (χ4n) is 2.26. The smallest absolute Gasteiger partial charge is 0.220 e. The first-order valence-corrected chi connectivity index (χ1v) is 5.38. The Hall–Kier alpha value is -1.13. The van der Waals surface area contributed by atoms with E-state index in [1.807, 2.05) is 0 Å². The largest absolute Gasteiger partial charge is 0.334 e. The summed E-state index contributed by atoms with van der Waals surface area (Å²) in [5, 5.41) is 0. The summed E-state index contributed by atoms with van der Waals surface area (Å²) in [4.78, 5) is 13.2. The van der Waals surface area contributed by atoms with Crippen LogP contribution >= 0.6 is 12.4 Å². The number of hydrogen-bond donors (Lipinski definition) is 1. The molecule has 0 saturated carbocycles. The van der Waals surface area contributed by atoms with Crippen molar-refractivity contribution in [1.82, 2.24) is 4.90 Å². The molecule has 2 rings (SSSR count). The maximum absolute atomic E-state index is 12.8. The molecule has 0 spiro atoms. The number of carbonyl (C=O) groups is 1. The van der Waals surface area contributed by atoms with E-state index in [1.165, 1.54) is 19.1 Å². The number of amides is 1. The molecule has 1 aromatic carbocycles. The van der Waals surface area contributed by atoms with Crippen molar-refractivity contribution < 1.29 is 9.18 Å². The second kappa shape index (κ2) is 5.47. The summed E-state index contributed by atoms with van der Waals surface area (Å²) >= 11 is 0. The monoisotopic (exact) mass is 258 g/mol. The van der Waals surface area contributed by atoms with Gasteiger partial charge in [0.1, 0.15) is 5.82 Å². The number of hydrogen-bond acceptors (Lipinski definition) is 2. The van der Waals surface area contributed by atoms with Crippen LogP contribution in [0.5, 0.6) is 0 Å². The molecule has 1 aliphatic rings. The van der Waals surface area contributed by atoms with E-state index in [0.717, 1.165) is 12.0 Å². The van der Waals surface area contributed by atoms with Crippen LogP contribution < -0.4 is 5.73 Å². The minimum Gasteiger partial charge on any atom is -0.334 e. The van der Waals surface area contributed by atoms with Gasteiger partial charge in [-0.3, -0.25) is 4.79 Å². The van der Waals surface area contributed by atoms with E-state index in [-0.39, 0.29) is 36.2 Å². The van der Waals surface area contributed by atoms with Crippen molar-refractivity contribution in [2.75, 3.05) is 6.54 Å². The summed E-state index contributed by atoms with van der Waals surface area (Å²) in [6.07, 6.45) is 0.793. The highest BCUT2D eigenvalue weighted by Crippen LogP contribution is 2.31. The molecule has 0 aromatic heterocycles. The quantitative estimate of drug-likeness (QED) is 0.836. The zero-order valence-electron chi connectivity index (χ0n) is 9.60. The van der Waals surface area contributed by atoms with Crippen molar-refractivity contribution >= 4 is 18.3 Å². The van der Waals surface area contributed by atoms with Gasteiger partial charge in [0, 0.05) is 19.5 Å². The van der Waals surface area contributed by atoms with E-state index >= 15 is 0 Å². The maximum Gasteiger partial charge on any atom is 0.220 e. The SMILES string of the molecule is CC(=O)N1CC[C@@H](N)[C@H]1c1ccc(F)cc1.Cl. The van der Waals surface area contributed by atoms with Crippen molar-refractivity contribution in [1.29, 1.82) is 0 Å². The summed E-state index contributed by atoms with van der Waals surface area (Å²) in [5.74, 6) is -0.257. The molecular weight excluding hydrogens is 243 g/mol. The third-order valence-electron chi connectivity index (χ3n) is 3.06. The Morgan fingerprint density at radius 1 is 1.41 bits per heavy atom. The average Bonchev–Trinajstić information content (AvgIpc) is 2.62. The van der Waals surface area contributed by atoms with Crippen LogP contribution in [0.1, 0.15) is 24.9 Å². The van der Waals surface area contributed by atoms with Gasteiger partial charge in [-0.15, -0.1) is 12.4 Å². The molecular formula is C12H16ClFN2O. The van der Waals surface area contributed by atoms with E-state index in [4.69, 9.17) is 5.73 Å². The average molecular weight is 259 g/mol. The number of nitrogens with zero attached hydrogens (tertiary/aromatic N) is 1. The Labute approximate surface area is 106 Å². The van der Waals surface area contributed by atoms with Crippen LogP contribution in [0.3, 0.4) is 0 Å². The summed E-state index contributed by atoms with van der Waals surface area (Å²) in [6.45, 7) is 2.22. The number of benzene rings is 1. The third kappa shape index (κ3) is 2.76. The molecule has 0 radical (unpaired) electrons. The van der Waals surface area contributed by atoms with Crippen molar-refractivity contribution in [2.45, 2.75) is 25.4 Å². The molecule has 2 N–H and O–H groups in total. The lowest BCUT2D eigenvalue weighted by molar-refractivity contribution is -0.129. The lowest BCUT2D eigenvalue weighted by Crippen LogP contribution is -2.34.